The zero-order valence-corrected chi connectivity index (χ0v) is 12.6. The van der Waals surface area contributed by atoms with Crippen LogP contribution in [-0.2, 0) is 20.7 Å². The molecule has 4 nitrogen and oxygen atoms in total. The van der Waals surface area contributed by atoms with E-state index in [2.05, 4.69) is 0 Å². The predicted octanol–water partition coefficient (Wildman–Crippen LogP) is 2.56. The summed E-state index contributed by atoms with van der Waals surface area (Å²) in [6.07, 6.45) is 3.93. The van der Waals surface area contributed by atoms with Crippen molar-refractivity contribution in [1.82, 2.24) is 4.90 Å². The molecule has 0 bridgehead atoms. The van der Waals surface area contributed by atoms with Crippen molar-refractivity contribution in [1.29, 1.82) is 0 Å². The Kier molecular flexibility index (Phi) is 5.78. The van der Waals surface area contributed by atoms with Gasteiger partial charge in [-0.2, -0.15) is 0 Å². The first-order valence-corrected chi connectivity index (χ1v) is 7.69. The van der Waals surface area contributed by atoms with Gasteiger partial charge < -0.3 is 9.64 Å². The van der Waals surface area contributed by atoms with Crippen LogP contribution in [0.1, 0.15) is 38.2 Å². The molecule has 0 saturated carbocycles. The minimum absolute atomic E-state index is 0.0710. The predicted molar refractivity (Wildman–Crippen MR) is 80.7 cm³/mol. The first-order chi connectivity index (χ1) is 10.2. The molecule has 1 fully saturated rings. The molecule has 4 heteroatoms. The molecule has 1 aromatic carbocycles. The van der Waals surface area contributed by atoms with Gasteiger partial charge in [0.2, 0.25) is 0 Å². The van der Waals surface area contributed by atoms with Crippen LogP contribution in [0.15, 0.2) is 30.3 Å². The van der Waals surface area contributed by atoms with E-state index in [1.165, 1.54) is 12.8 Å². The van der Waals surface area contributed by atoms with Gasteiger partial charge in [-0.15, -0.1) is 0 Å². The molecule has 114 valence electrons. The van der Waals surface area contributed by atoms with Crippen molar-refractivity contribution < 1.29 is 14.3 Å². The SMILES string of the molecule is CC(OC(=O)Cc1ccccc1)C(=O)N1CCCCCC1. The third-order valence-corrected chi connectivity index (χ3v) is 3.77. The van der Waals surface area contributed by atoms with Gasteiger partial charge in [0.25, 0.3) is 5.91 Å². The number of hydrogen-bond acceptors (Lipinski definition) is 3. The van der Waals surface area contributed by atoms with Crippen LogP contribution in [0, 0.1) is 0 Å². The summed E-state index contributed by atoms with van der Waals surface area (Å²) in [6, 6.07) is 9.42. The zero-order valence-electron chi connectivity index (χ0n) is 12.6. The largest absolute Gasteiger partial charge is 0.452 e. The van der Waals surface area contributed by atoms with Crippen LogP contribution in [0.3, 0.4) is 0 Å². The maximum absolute atomic E-state index is 12.3. The third-order valence-electron chi connectivity index (χ3n) is 3.77. The highest BCUT2D eigenvalue weighted by atomic mass is 16.5. The second-order valence-electron chi connectivity index (χ2n) is 5.53. The number of likely N-dealkylation sites (tertiary alicyclic amines) is 1. The average molecular weight is 289 g/mol. The molecule has 1 aliphatic rings. The molecule has 0 spiro atoms. The van der Waals surface area contributed by atoms with Gasteiger partial charge in [-0.05, 0) is 25.3 Å². The Bertz CT molecular complexity index is 464. The summed E-state index contributed by atoms with van der Waals surface area (Å²) in [4.78, 5) is 26.0. The molecule has 0 aromatic heterocycles. The van der Waals surface area contributed by atoms with Crippen LogP contribution in [0.5, 0.6) is 0 Å². The first-order valence-electron chi connectivity index (χ1n) is 7.69. The van der Waals surface area contributed by atoms with E-state index in [0.29, 0.717) is 0 Å². The van der Waals surface area contributed by atoms with Gasteiger partial charge in [-0.1, -0.05) is 43.2 Å². The molecule has 0 N–H and O–H groups in total. The fraction of sp³-hybridized carbons (Fsp3) is 0.529. The number of ether oxygens (including phenoxy) is 1. The van der Waals surface area contributed by atoms with Gasteiger partial charge in [0, 0.05) is 13.1 Å². The quantitative estimate of drug-likeness (QED) is 0.800. The van der Waals surface area contributed by atoms with Crippen LogP contribution in [0.25, 0.3) is 0 Å². The van der Waals surface area contributed by atoms with Gasteiger partial charge >= 0.3 is 5.97 Å². The number of amides is 1. The Morgan fingerprint density at radius 2 is 1.71 bits per heavy atom. The first kappa shape index (κ1) is 15.5. The molecule has 1 aromatic rings. The standard InChI is InChI=1S/C17H23NO3/c1-14(17(20)18-11-7-2-3-8-12-18)21-16(19)13-15-9-5-4-6-10-15/h4-6,9-10,14H,2-3,7-8,11-13H2,1H3. The highest BCUT2D eigenvalue weighted by molar-refractivity contribution is 5.84. The van der Waals surface area contributed by atoms with Crippen molar-refractivity contribution in [2.24, 2.45) is 0 Å². The molecular formula is C17H23NO3. The van der Waals surface area contributed by atoms with Crippen molar-refractivity contribution in [2.75, 3.05) is 13.1 Å². The lowest BCUT2D eigenvalue weighted by Crippen LogP contribution is -2.40. The lowest BCUT2D eigenvalue weighted by molar-refractivity contribution is -0.158. The molecule has 1 amide bonds. The average Bonchev–Trinajstić information content (AvgIpc) is 2.76. The molecule has 1 heterocycles. The van der Waals surface area contributed by atoms with E-state index in [9.17, 15) is 9.59 Å². The van der Waals surface area contributed by atoms with Crippen LogP contribution >= 0.6 is 0 Å². The fourth-order valence-electron chi connectivity index (χ4n) is 2.60. The van der Waals surface area contributed by atoms with Crippen molar-refractivity contribution in [2.45, 2.75) is 45.1 Å². The normalized spacial score (nSPS) is 16.9. The topological polar surface area (TPSA) is 46.6 Å². The van der Waals surface area contributed by atoms with E-state index in [-0.39, 0.29) is 18.3 Å². The van der Waals surface area contributed by atoms with Crippen LogP contribution in [-0.4, -0.2) is 36.0 Å². The van der Waals surface area contributed by atoms with Gasteiger partial charge in [0.1, 0.15) is 0 Å². The molecule has 1 saturated heterocycles. The van der Waals surface area contributed by atoms with Gasteiger partial charge in [0.05, 0.1) is 6.42 Å². The number of hydrogen-bond donors (Lipinski definition) is 0. The van der Waals surface area contributed by atoms with Crippen LogP contribution < -0.4 is 0 Å². The Labute approximate surface area is 126 Å². The van der Waals surface area contributed by atoms with Gasteiger partial charge in [0.15, 0.2) is 6.10 Å². The second-order valence-corrected chi connectivity index (χ2v) is 5.53. The van der Waals surface area contributed by atoms with Crippen molar-refractivity contribution in [3.63, 3.8) is 0 Å². The molecule has 1 aliphatic heterocycles. The lowest BCUT2D eigenvalue weighted by Gasteiger charge is -2.24. The van der Waals surface area contributed by atoms with Crippen LogP contribution in [0.4, 0.5) is 0 Å². The van der Waals surface area contributed by atoms with Crippen molar-refractivity contribution in [3.8, 4) is 0 Å². The zero-order chi connectivity index (χ0) is 15.1. The highest BCUT2D eigenvalue weighted by Crippen LogP contribution is 2.12. The Balaban J connectivity index is 1.83. The summed E-state index contributed by atoms with van der Waals surface area (Å²) in [5.41, 5.74) is 0.900. The maximum Gasteiger partial charge on any atom is 0.311 e. The van der Waals surface area contributed by atoms with E-state index in [0.717, 1.165) is 31.5 Å². The number of carbonyl (C=O) groups is 2. The smallest absolute Gasteiger partial charge is 0.311 e. The number of carbonyl (C=O) groups excluding carboxylic acids is 2. The van der Waals surface area contributed by atoms with E-state index in [4.69, 9.17) is 4.74 Å². The molecule has 1 unspecified atom stereocenters. The summed E-state index contributed by atoms with van der Waals surface area (Å²) in [5.74, 6) is -0.421. The fourth-order valence-corrected chi connectivity index (χ4v) is 2.60. The summed E-state index contributed by atoms with van der Waals surface area (Å²) >= 11 is 0. The number of nitrogens with zero attached hydrogens (tertiary/aromatic N) is 1. The number of esters is 1. The van der Waals surface area contributed by atoms with Gasteiger partial charge in [-0.25, -0.2) is 0 Å². The minimum Gasteiger partial charge on any atom is -0.452 e. The Morgan fingerprint density at radius 3 is 2.33 bits per heavy atom. The summed E-state index contributed by atoms with van der Waals surface area (Å²) in [7, 11) is 0. The monoisotopic (exact) mass is 289 g/mol. The molecule has 0 aliphatic carbocycles. The molecule has 21 heavy (non-hydrogen) atoms. The van der Waals surface area contributed by atoms with Gasteiger partial charge in [-0.3, -0.25) is 9.59 Å². The minimum atomic E-state index is -0.695. The summed E-state index contributed by atoms with van der Waals surface area (Å²) in [5, 5.41) is 0. The van der Waals surface area contributed by atoms with E-state index < -0.39 is 6.10 Å². The maximum atomic E-state index is 12.3. The second kappa shape index (κ2) is 7.81. The van der Waals surface area contributed by atoms with Crippen molar-refractivity contribution in [3.05, 3.63) is 35.9 Å². The molecule has 2 rings (SSSR count). The van der Waals surface area contributed by atoms with E-state index in [1.54, 1.807) is 6.92 Å². The Morgan fingerprint density at radius 1 is 1.10 bits per heavy atom. The highest BCUT2D eigenvalue weighted by Gasteiger charge is 2.24. The number of rotatable bonds is 4. The van der Waals surface area contributed by atoms with E-state index >= 15 is 0 Å². The van der Waals surface area contributed by atoms with Crippen LogP contribution in [0.2, 0.25) is 0 Å². The summed E-state index contributed by atoms with van der Waals surface area (Å²) in [6.45, 7) is 3.22. The van der Waals surface area contributed by atoms with E-state index in [1.807, 2.05) is 35.2 Å². The lowest BCUT2D eigenvalue weighted by atomic mass is 10.1. The Hall–Kier alpha value is -1.84. The van der Waals surface area contributed by atoms with Crippen molar-refractivity contribution >= 4 is 11.9 Å². The third kappa shape index (κ3) is 4.88. The molecule has 1 atom stereocenters. The molecular weight excluding hydrogens is 266 g/mol. The number of benzene rings is 1. The summed E-state index contributed by atoms with van der Waals surface area (Å²) < 4.78 is 5.28. The molecule has 0 radical (unpaired) electrons.